The van der Waals surface area contributed by atoms with Crippen LogP contribution in [0.5, 0.6) is 0 Å². The quantitative estimate of drug-likeness (QED) is 0.742. The number of carbonyl (C=O) groups excluding carboxylic acids is 1. The van der Waals surface area contributed by atoms with E-state index in [0.717, 1.165) is 11.4 Å². The highest BCUT2D eigenvalue weighted by molar-refractivity contribution is 5.81. The van der Waals surface area contributed by atoms with Gasteiger partial charge in [-0.3, -0.25) is 9.78 Å². The minimum absolute atomic E-state index is 0.0280. The summed E-state index contributed by atoms with van der Waals surface area (Å²) in [5, 5.41) is 7.12. The summed E-state index contributed by atoms with van der Waals surface area (Å²) in [5.41, 5.74) is 0.992. The van der Waals surface area contributed by atoms with Crippen molar-refractivity contribution >= 4 is 11.7 Å². The van der Waals surface area contributed by atoms with Gasteiger partial charge in [0, 0.05) is 50.5 Å². The van der Waals surface area contributed by atoms with E-state index >= 15 is 0 Å². The first-order valence-electron chi connectivity index (χ1n) is 8.03. The van der Waals surface area contributed by atoms with Crippen LogP contribution in [0.2, 0.25) is 0 Å². The second kappa shape index (κ2) is 6.68. The minimum atomic E-state index is -0.0280. The molecule has 4 heterocycles. The van der Waals surface area contributed by atoms with Crippen molar-refractivity contribution in [3.05, 3.63) is 60.9 Å². The van der Waals surface area contributed by atoms with E-state index in [9.17, 15) is 4.79 Å². The molecule has 0 radical (unpaired) electrons. The number of nitrogens with zero attached hydrogens (tertiary/aromatic N) is 6. The molecule has 0 bridgehead atoms. The molecule has 8 nitrogen and oxygen atoms in total. The average molecular weight is 335 g/mol. The van der Waals surface area contributed by atoms with Gasteiger partial charge >= 0.3 is 0 Å². The highest BCUT2D eigenvalue weighted by Gasteiger charge is 2.33. The fourth-order valence-electron chi connectivity index (χ4n) is 2.71. The maximum Gasteiger partial charge on any atom is 0.226 e. The number of nitrogens with one attached hydrogen (secondary N) is 1. The molecule has 126 valence electrons. The van der Waals surface area contributed by atoms with Crippen LogP contribution >= 0.6 is 0 Å². The van der Waals surface area contributed by atoms with E-state index in [-0.39, 0.29) is 11.8 Å². The van der Waals surface area contributed by atoms with Gasteiger partial charge in [0.25, 0.3) is 0 Å². The first-order valence-corrected chi connectivity index (χ1v) is 8.03. The number of pyridine rings is 1. The first kappa shape index (κ1) is 15.3. The molecule has 0 atom stereocenters. The molecule has 3 aromatic heterocycles. The third-order valence-electron chi connectivity index (χ3n) is 4.14. The third kappa shape index (κ3) is 3.32. The van der Waals surface area contributed by atoms with E-state index in [1.807, 2.05) is 30.5 Å². The van der Waals surface area contributed by atoms with Crippen LogP contribution in [0.3, 0.4) is 0 Å². The lowest BCUT2D eigenvalue weighted by molar-refractivity contribution is -0.125. The van der Waals surface area contributed by atoms with E-state index in [4.69, 9.17) is 0 Å². The molecule has 4 rings (SSSR count). The molecule has 1 aliphatic heterocycles. The monoisotopic (exact) mass is 335 g/mol. The second-order valence-electron chi connectivity index (χ2n) is 5.87. The van der Waals surface area contributed by atoms with Gasteiger partial charge in [0.1, 0.15) is 12.1 Å². The van der Waals surface area contributed by atoms with E-state index < -0.39 is 0 Å². The van der Waals surface area contributed by atoms with Crippen LogP contribution in [0.1, 0.15) is 5.56 Å². The summed E-state index contributed by atoms with van der Waals surface area (Å²) in [5.74, 6) is 1.54. The predicted octanol–water partition coefficient (Wildman–Crippen LogP) is 0.810. The van der Waals surface area contributed by atoms with Gasteiger partial charge in [0.05, 0.1) is 5.92 Å². The highest BCUT2D eigenvalue weighted by atomic mass is 16.2. The molecule has 3 aromatic rings. The van der Waals surface area contributed by atoms with Crippen LogP contribution < -0.4 is 10.2 Å². The van der Waals surface area contributed by atoms with Gasteiger partial charge in [-0.05, 0) is 17.7 Å². The molecule has 0 spiro atoms. The number of aromatic nitrogens is 5. The van der Waals surface area contributed by atoms with E-state index in [0.29, 0.717) is 25.5 Å². The van der Waals surface area contributed by atoms with Gasteiger partial charge in [-0.25, -0.2) is 14.6 Å². The molecular weight excluding hydrogens is 318 g/mol. The molecule has 0 unspecified atom stereocenters. The lowest BCUT2D eigenvalue weighted by atomic mass is 9.99. The summed E-state index contributed by atoms with van der Waals surface area (Å²) in [6, 6.07) is 7.52. The van der Waals surface area contributed by atoms with Gasteiger partial charge < -0.3 is 10.2 Å². The number of rotatable bonds is 5. The van der Waals surface area contributed by atoms with Crippen LogP contribution in [0.15, 0.2) is 55.4 Å². The molecule has 1 fully saturated rings. The fourth-order valence-corrected chi connectivity index (χ4v) is 2.71. The Balaban J connectivity index is 1.33. The maximum atomic E-state index is 12.2. The van der Waals surface area contributed by atoms with Crippen LogP contribution in [0.4, 0.5) is 5.82 Å². The maximum absolute atomic E-state index is 12.2. The van der Waals surface area contributed by atoms with Crippen LogP contribution in [-0.2, 0) is 11.3 Å². The lowest BCUT2D eigenvalue weighted by Gasteiger charge is -2.39. The number of anilines is 1. The molecular formula is C17H17N7O. The molecule has 1 amide bonds. The summed E-state index contributed by atoms with van der Waals surface area (Å²) in [7, 11) is 0. The Morgan fingerprint density at radius 1 is 1.20 bits per heavy atom. The third-order valence-corrected chi connectivity index (χ3v) is 4.14. The van der Waals surface area contributed by atoms with E-state index in [1.54, 1.807) is 23.3 Å². The summed E-state index contributed by atoms with van der Waals surface area (Å²) in [4.78, 5) is 26.8. The zero-order valence-electron chi connectivity index (χ0n) is 13.5. The zero-order valence-corrected chi connectivity index (χ0v) is 13.5. The van der Waals surface area contributed by atoms with Gasteiger partial charge in [-0.2, -0.15) is 5.10 Å². The Labute approximate surface area is 144 Å². The molecule has 1 aliphatic rings. The molecule has 0 saturated carbocycles. The van der Waals surface area contributed by atoms with E-state index in [2.05, 4.69) is 30.3 Å². The van der Waals surface area contributed by atoms with Crippen molar-refractivity contribution in [1.82, 2.24) is 30.0 Å². The van der Waals surface area contributed by atoms with Crippen molar-refractivity contribution in [3.8, 4) is 5.82 Å². The summed E-state index contributed by atoms with van der Waals surface area (Å²) >= 11 is 0. The Bertz CT molecular complexity index is 844. The normalized spacial score (nSPS) is 14.2. The van der Waals surface area contributed by atoms with Crippen molar-refractivity contribution in [2.24, 2.45) is 5.92 Å². The average Bonchev–Trinajstić information content (AvgIpc) is 3.15. The summed E-state index contributed by atoms with van der Waals surface area (Å²) in [6.45, 7) is 1.79. The molecule has 1 saturated heterocycles. The van der Waals surface area contributed by atoms with Crippen molar-refractivity contribution in [2.75, 3.05) is 18.0 Å². The topological polar surface area (TPSA) is 88.8 Å². The molecule has 25 heavy (non-hydrogen) atoms. The number of hydrogen-bond acceptors (Lipinski definition) is 6. The second-order valence-corrected chi connectivity index (χ2v) is 5.87. The summed E-state index contributed by atoms with van der Waals surface area (Å²) < 4.78 is 1.68. The van der Waals surface area contributed by atoms with Crippen LogP contribution in [0, 0.1) is 5.92 Å². The lowest BCUT2D eigenvalue weighted by Crippen LogP contribution is -2.54. The van der Waals surface area contributed by atoms with E-state index in [1.165, 1.54) is 6.33 Å². The molecule has 0 aliphatic carbocycles. The Morgan fingerprint density at radius 3 is 2.84 bits per heavy atom. The Morgan fingerprint density at radius 2 is 2.08 bits per heavy atom. The Kier molecular flexibility index (Phi) is 4.07. The largest absolute Gasteiger partial charge is 0.355 e. The zero-order chi connectivity index (χ0) is 17.1. The molecule has 1 N–H and O–H groups in total. The standard InChI is InChI=1S/C17H17N7O/c25-17(19-9-13-3-1-4-18-8-13)14-10-23(11-14)15-7-16(21-12-20-15)24-6-2-5-22-24/h1-8,12,14H,9-11H2,(H,19,25). The predicted molar refractivity (Wildman–Crippen MR) is 90.9 cm³/mol. The molecule has 0 aromatic carbocycles. The van der Waals surface area contributed by atoms with Gasteiger partial charge in [-0.15, -0.1) is 0 Å². The summed E-state index contributed by atoms with van der Waals surface area (Å²) in [6.07, 6.45) is 8.52. The van der Waals surface area contributed by atoms with Crippen molar-refractivity contribution < 1.29 is 4.79 Å². The van der Waals surface area contributed by atoms with Gasteiger partial charge in [0.15, 0.2) is 5.82 Å². The number of carbonyl (C=O) groups is 1. The van der Waals surface area contributed by atoms with Crippen molar-refractivity contribution in [3.63, 3.8) is 0 Å². The van der Waals surface area contributed by atoms with Crippen LogP contribution in [0.25, 0.3) is 5.82 Å². The minimum Gasteiger partial charge on any atom is -0.355 e. The Hall–Kier alpha value is -3.29. The van der Waals surface area contributed by atoms with Crippen molar-refractivity contribution in [1.29, 1.82) is 0 Å². The fraction of sp³-hybridized carbons (Fsp3) is 0.235. The van der Waals surface area contributed by atoms with Gasteiger partial charge in [-0.1, -0.05) is 6.07 Å². The number of amides is 1. The van der Waals surface area contributed by atoms with Crippen molar-refractivity contribution in [2.45, 2.75) is 6.54 Å². The SMILES string of the molecule is O=C(NCc1cccnc1)C1CN(c2cc(-n3cccn3)ncn2)C1. The molecule has 8 heteroatoms. The highest BCUT2D eigenvalue weighted by Crippen LogP contribution is 2.23. The smallest absolute Gasteiger partial charge is 0.226 e. The first-order chi connectivity index (χ1) is 12.3. The van der Waals surface area contributed by atoms with Crippen LogP contribution in [-0.4, -0.2) is 43.7 Å². The van der Waals surface area contributed by atoms with Gasteiger partial charge in [0.2, 0.25) is 5.91 Å². The number of hydrogen-bond donors (Lipinski definition) is 1.